The minimum Gasteiger partial charge on any atom is -0.394 e. The first-order chi connectivity index (χ1) is 31.6. The quantitative estimate of drug-likeness (QED) is 0.0299. The van der Waals surface area contributed by atoms with Gasteiger partial charge in [0.15, 0.2) is 12.6 Å². The van der Waals surface area contributed by atoms with Crippen molar-refractivity contribution in [3.8, 4) is 0 Å². The third kappa shape index (κ3) is 24.3. The summed E-state index contributed by atoms with van der Waals surface area (Å²) < 4.78 is 22.6. The van der Waals surface area contributed by atoms with Crippen LogP contribution in [0.5, 0.6) is 0 Å². The molecule has 0 bridgehead atoms. The van der Waals surface area contributed by atoms with Crippen LogP contribution in [0.25, 0.3) is 0 Å². The van der Waals surface area contributed by atoms with Crippen molar-refractivity contribution in [2.45, 2.75) is 184 Å². The number of aliphatic hydroxyl groups is 8. The molecule has 2 fully saturated rings. The number of hydrogen-bond donors (Lipinski definition) is 9. The van der Waals surface area contributed by atoms with Crippen molar-refractivity contribution in [1.82, 2.24) is 5.32 Å². The van der Waals surface area contributed by atoms with Gasteiger partial charge < -0.3 is 65.1 Å². The third-order valence-corrected chi connectivity index (χ3v) is 10.7. The van der Waals surface area contributed by atoms with E-state index in [1.165, 1.54) is 12.8 Å². The Bertz CT molecular complexity index is 1500. The molecule has 2 saturated heterocycles. The van der Waals surface area contributed by atoms with Crippen molar-refractivity contribution in [2.75, 3.05) is 19.8 Å². The SMILES string of the molecule is CC/C=C\C/C=C\C/C=C\C/C=C\C/C=C\C/C=C\CCC(=O)NC(COC1OC(CO)C(OC2OC(CO)C(O)C(O)C2O)C(O)C1O)C(O)/C=C/CC/C=C/CC/C=C/CCCC. The molecule has 14 heteroatoms. The Morgan fingerprint density at radius 2 is 1.05 bits per heavy atom. The van der Waals surface area contributed by atoms with E-state index in [1.807, 2.05) is 18.2 Å². The van der Waals surface area contributed by atoms with E-state index in [0.717, 1.165) is 64.2 Å². The van der Waals surface area contributed by atoms with Gasteiger partial charge >= 0.3 is 0 Å². The molecule has 2 aliphatic heterocycles. The molecule has 14 nitrogen and oxygen atoms in total. The molecule has 0 aliphatic carbocycles. The number of nitrogens with one attached hydrogen (secondary N) is 1. The molecule has 368 valence electrons. The molecule has 2 aliphatic rings. The lowest BCUT2D eigenvalue weighted by Crippen LogP contribution is -2.65. The van der Waals surface area contributed by atoms with Gasteiger partial charge in [-0.2, -0.15) is 0 Å². The Kier molecular flexibility index (Phi) is 32.6. The van der Waals surface area contributed by atoms with Gasteiger partial charge in [-0.25, -0.2) is 0 Å². The smallest absolute Gasteiger partial charge is 0.220 e. The normalized spacial score (nSPS) is 28.0. The number of unbranched alkanes of at least 4 members (excludes halogenated alkanes) is 4. The molecule has 2 heterocycles. The van der Waals surface area contributed by atoms with Gasteiger partial charge in [-0.05, 0) is 77.0 Å². The van der Waals surface area contributed by atoms with Crippen molar-refractivity contribution in [1.29, 1.82) is 0 Å². The number of ether oxygens (including phenoxy) is 4. The van der Waals surface area contributed by atoms with E-state index in [9.17, 15) is 45.6 Å². The molecule has 0 aromatic heterocycles. The number of carbonyl (C=O) groups is 1. The summed E-state index contributed by atoms with van der Waals surface area (Å²) in [5.41, 5.74) is 0. The fraction of sp³-hybridized carbons (Fsp3) is 0.627. The minimum absolute atomic E-state index is 0.137. The van der Waals surface area contributed by atoms with Crippen molar-refractivity contribution in [2.24, 2.45) is 0 Å². The summed E-state index contributed by atoms with van der Waals surface area (Å²) in [6.45, 7) is 2.49. The molecular formula is C51H81NO13. The minimum atomic E-state index is -1.80. The molecule has 0 saturated carbocycles. The van der Waals surface area contributed by atoms with Crippen LogP contribution < -0.4 is 5.32 Å². The molecule has 1 amide bonds. The lowest BCUT2D eigenvalue weighted by molar-refractivity contribution is -0.359. The summed E-state index contributed by atoms with van der Waals surface area (Å²) in [6, 6.07) is -0.984. The van der Waals surface area contributed by atoms with Gasteiger partial charge in [0, 0.05) is 6.42 Å². The summed E-state index contributed by atoms with van der Waals surface area (Å²) in [7, 11) is 0. The van der Waals surface area contributed by atoms with Crippen LogP contribution >= 0.6 is 0 Å². The van der Waals surface area contributed by atoms with Gasteiger partial charge in [0.2, 0.25) is 5.91 Å². The molecule has 12 unspecified atom stereocenters. The van der Waals surface area contributed by atoms with Gasteiger partial charge in [0.05, 0.1) is 32.0 Å². The molecule has 0 radical (unpaired) electrons. The van der Waals surface area contributed by atoms with Crippen molar-refractivity contribution < 1.29 is 64.6 Å². The van der Waals surface area contributed by atoms with E-state index < -0.39 is 86.8 Å². The summed E-state index contributed by atoms with van der Waals surface area (Å²) >= 11 is 0. The third-order valence-electron chi connectivity index (χ3n) is 10.7. The van der Waals surface area contributed by atoms with E-state index in [1.54, 1.807) is 6.08 Å². The van der Waals surface area contributed by atoms with Gasteiger partial charge in [0.25, 0.3) is 0 Å². The Labute approximate surface area is 387 Å². The first-order valence-electron chi connectivity index (χ1n) is 23.6. The lowest BCUT2D eigenvalue weighted by atomic mass is 9.97. The van der Waals surface area contributed by atoms with Crippen LogP contribution in [0.2, 0.25) is 0 Å². The van der Waals surface area contributed by atoms with Gasteiger partial charge in [-0.15, -0.1) is 0 Å². The molecule has 12 atom stereocenters. The maximum absolute atomic E-state index is 13.1. The van der Waals surface area contributed by atoms with Crippen LogP contribution in [0.4, 0.5) is 0 Å². The fourth-order valence-corrected chi connectivity index (χ4v) is 6.80. The van der Waals surface area contributed by atoms with Crippen LogP contribution in [0.15, 0.2) is 109 Å². The molecule has 65 heavy (non-hydrogen) atoms. The summed E-state index contributed by atoms with van der Waals surface area (Å²) in [4.78, 5) is 13.1. The Morgan fingerprint density at radius 1 is 0.569 bits per heavy atom. The van der Waals surface area contributed by atoms with Gasteiger partial charge in [0.1, 0.15) is 48.8 Å². The first-order valence-corrected chi connectivity index (χ1v) is 23.6. The van der Waals surface area contributed by atoms with Crippen LogP contribution in [0, 0.1) is 0 Å². The second kappa shape index (κ2) is 36.7. The van der Waals surface area contributed by atoms with Crippen molar-refractivity contribution >= 4 is 5.91 Å². The highest BCUT2D eigenvalue weighted by Crippen LogP contribution is 2.29. The monoisotopic (exact) mass is 916 g/mol. The Balaban J connectivity index is 1.93. The lowest BCUT2D eigenvalue weighted by Gasteiger charge is -2.46. The van der Waals surface area contributed by atoms with E-state index in [4.69, 9.17) is 18.9 Å². The molecule has 9 N–H and O–H groups in total. The van der Waals surface area contributed by atoms with Crippen molar-refractivity contribution in [3.05, 3.63) is 109 Å². The van der Waals surface area contributed by atoms with Gasteiger partial charge in [-0.1, -0.05) is 136 Å². The highest BCUT2D eigenvalue weighted by atomic mass is 16.7. The van der Waals surface area contributed by atoms with Crippen LogP contribution in [-0.4, -0.2) is 140 Å². The second-order valence-corrected chi connectivity index (χ2v) is 16.1. The van der Waals surface area contributed by atoms with E-state index >= 15 is 0 Å². The number of carbonyl (C=O) groups excluding carboxylic acids is 1. The highest BCUT2D eigenvalue weighted by Gasteiger charge is 2.50. The predicted octanol–water partition coefficient (Wildman–Crippen LogP) is 5.37. The summed E-state index contributed by atoms with van der Waals surface area (Å²) in [6.07, 6.45) is 32.9. The largest absolute Gasteiger partial charge is 0.394 e. The summed E-state index contributed by atoms with van der Waals surface area (Å²) in [5, 5.41) is 86.4. The van der Waals surface area contributed by atoms with E-state index in [-0.39, 0.29) is 18.9 Å². The van der Waals surface area contributed by atoms with Crippen molar-refractivity contribution in [3.63, 3.8) is 0 Å². The molecule has 0 aromatic carbocycles. The van der Waals surface area contributed by atoms with Crippen LogP contribution in [0.3, 0.4) is 0 Å². The zero-order valence-electron chi connectivity index (χ0n) is 38.7. The standard InChI is InChI=1S/C51H81NO13/c1-3-5-7-9-11-13-15-17-18-19-20-21-22-23-25-27-29-31-33-35-43(56)52-39(40(55)34-32-30-28-26-24-16-14-12-10-8-6-4-2)38-62-50-48(61)46(59)49(42(37-54)64-50)65-51-47(60)45(58)44(57)41(36-53)63-51/h5,7,10-13,17-18,20-21,23-26,29,31-32,34,39-42,44-51,53-55,57-61H,3-4,6,8-9,14-16,19,22,27-28,30,33,35-38H2,1-2H3,(H,52,56)/b7-5-,12-10+,13-11-,18-17-,21-20-,25-23-,26-24+,31-29-,34-32+. The zero-order valence-corrected chi connectivity index (χ0v) is 38.7. The highest BCUT2D eigenvalue weighted by molar-refractivity contribution is 5.76. The fourth-order valence-electron chi connectivity index (χ4n) is 6.80. The predicted molar refractivity (Wildman–Crippen MR) is 253 cm³/mol. The molecule has 2 rings (SSSR count). The average Bonchev–Trinajstić information content (AvgIpc) is 3.30. The Hall–Kier alpha value is -3.35. The zero-order chi connectivity index (χ0) is 47.5. The second-order valence-electron chi connectivity index (χ2n) is 16.1. The molecule has 0 aromatic rings. The number of amides is 1. The maximum atomic E-state index is 13.1. The van der Waals surface area contributed by atoms with Crippen LogP contribution in [0.1, 0.15) is 110 Å². The number of aliphatic hydroxyl groups excluding tert-OH is 8. The van der Waals surface area contributed by atoms with E-state index in [2.05, 4.69) is 104 Å². The Morgan fingerprint density at radius 3 is 1.58 bits per heavy atom. The first kappa shape index (κ1) is 57.8. The molecule has 0 spiro atoms. The van der Waals surface area contributed by atoms with Gasteiger partial charge in [-0.3, -0.25) is 4.79 Å². The molecular weight excluding hydrogens is 835 g/mol. The number of hydrogen-bond acceptors (Lipinski definition) is 13. The number of allylic oxidation sites excluding steroid dienone is 17. The number of rotatable bonds is 33. The topological polar surface area (TPSA) is 228 Å². The summed E-state index contributed by atoms with van der Waals surface area (Å²) in [5.74, 6) is -0.344. The van der Waals surface area contributed by atoms with Crippen LogP contribution in [-0.2, 0) is 23.7 Å². The van der Waals surface area contributed by atoms with E-state index in [0.29, 0.717) is 12.8 Å². The average molecular weight is 916 g/mol. The maximum Gasteiger partial charge on any atom is 0.220 e.